The number of likely N-dealkylation sites (N-methyl/N-ethyl adjacent to an activating group) is 1. The molecule has 146 valence electrons. The highest BCUT2D eigenvalue weighted by atomic mass is 32.2. The highest BCUT2D eigenvalue weighted by Gasteiger charge is 2.24. The second-order valence-electron chi connectivity index (χ2n) is 7.24. The Bertz CT molecular complexity index is 730. The molecule has 1 N–H and O–H groups in total. The van der Waals surface area contributed by atoms with E-state index in [9.17, 15) is 8.42 Å². The van der Waals surface area contributed by atoms with Gasteiger partial charge in [0.1, 0.15) is 5.82 Å². The van der Waals surface area contributed by atoms with Crippen LogP contribution in [0.25, 0.3) is 0 Å². The van der Waals surface area contributed by atoms with Crippen molar-refractivity contribution in [3.8, 4) is 5.88 Å². The molecule has 0 aliphatic carbocycles. The van der Waals surface area contributed by atoms with Crippen LogP contribution >= 0.6 is 0 Å². The molecule has 0 spiro atoms. The van der Waals surface area contributed by atoms with E-state index in [1.54, 1.807) is 13.8 Å². The number of nitrogens with zero attached hydrogens (tertiary/aromatic N) is 4. The summed E-state index contributed by atoms with van der Waals surface area (Å²) in [5.74, 6) is 2.10. The van der Waals surface area contributed by atoms with Crippen LogP contribution in [0.5, 0.6) is 5.88 Å². The van der Waals surface area contributed by atoms with Crippen molar-refractivity contribution in [1.29, 1.82) is 0 Å². The normalized spacial score (nSPS) is 18.5. The standard InChI is InChI=1S/C17H29N5O3S/c1-13(2)26(23,24)12-6-18-15-14-5-4-11-25-16(14)20-17(19-15)22-9-7-21(3)8-10-22/h13H,4-12H2,1-3H3,(H,18,19,20). The zero-order valence-corrected chi connectivity index (χ0v) is 16.7. The number of ether oxygens (including phenoxy) is 1. The third-order valence-corrected chi connectivity index (χ3v) is 7.16. The Morgan fingerprint density at radius 2 is 1.92 bits per heavy atom. The van der Waals surface area contributed by atoms with Crippen LogP contribution in [0.1, 0.15) is 25.8 Å². The monoisotopic (exact) mass is 383 g/mol. The molecule has 2 aliphatic heterocycles. The third kappa shape index (κ3) is 4.37. The first-order valence-corrected chi connectivity index (χ1v) is 11.0. The van der Waals surface area contributed by atoms with E-state index >= 15 is 0 Å². The second-order valence-corrected chi connectivity index (χ2v) is 9.92. The lowest BCUT2D eigenvalue weighted by Gasteiger charge is -2.33. The summed E-state index contributed by atoms with van der Waals surface area (Å²) in [5.41, 5.74) is 0.955. The van der Waals surface area contributed by atoms with E-state index in [0.717, 1.165) is 44.6 Å². The van der Waals surface area contributed by atoms with Gasteiger partial charge in [-0.2, -0.15) is 9.97 Å². The van der Waals surface area contributed by atoms with Crippen LogP contribution in [0.2, 0.25) is 0 Å². The molecule has 0 saturated carbocycles. The quantitative estimate of drug-likeness (QED) is 0.771. The average molecular weight is 384 g/mol. The van der Waals surface area contributed by atoms with E-state index in [1.165, 1.54) is 0 Å². The molecular formula is C17H29N5O3S. The Hall–Kier alpha value is -1.61. The van der Waals surface area contributed by atoms with Crippen LogP contribution in [-0.2, 0) is 16.3 Å². The van der Waals surface area contributed by atoms with Crippen LogP contribution in [0.15, 0.2) is 0 Å². The van der Waals surface area contributed by atoms with Gasteiger partial charge in [0.05, 0.1) is 23.2 Å². The van der Waals surface area contributed by atoms with Gasteiger partial charge in [-0.3, -0.25) is 0 Å². The summed E-state index contributed by atoms with van der Waals surface area (Å²) in [6, 6.07) is 0. The SMILES string of the molecule is CC(C)S(=O)(=O)CCNc1nc(N2CCN(C)CC2)nc2c1CCCO2. The number of piperazine rings is 1. The lowest BCUT2D eigenvalue weighted by Crippen LogP contribution is -2.45. The average Bonchev–Trinajstić information content (AvgIpc) is 2.62. The van der Waals surface area contributed by atoms with Gasteiger partial charge in [0.25, 0.3) is 0 Å². The molecule has 1 saturated heterocycles. The Morgan fingerprint density at radius 3 is 2.62 bits per heavy atom. The minimum atomic E-state index is -3.08. The molecule has 0 unspecified atom stereocenters. The van der Waals surface area contributed by atoms with Gasteiger partial charge in [-0.05, 0) is 33.7 Å². The van der Waals surface area contributed by atoms with Gasteiger partial charge in [0.15, 0.2) is 9.84 Å². The first kappa shape index (κ1) is 19.2. The molecule has 3 heterocycles. The van der Waals surface area contributed by atoms with Gasteiger partial charge in [-0.15, -0.1) is 0 Å². The minimum absolute atomic E-state index is 0.0914. The Morgan fingerprint density at radius 1 is 1.19 bits per heavy atom. The van der Waals surface area contributed by atoms with Crippen LogP contribution in [0.3, 0.4) is 0 Å². The van der Waals surface area contributed by atoms with Gasteiger partial charge >= 0.3 is 0 Å². The summed E-state index contributed by atoms with van der Waals surface area (Å²) in [7, 11) is -0.972. The maximum atomic E-state index is 12.0. The van der Waals surface area contributed by atoms with Crippen molar-refractivity contribution < 1.29 is 13.2 Å². The number of sulfone groups is 1. The highest BCUT2D eigenvalue weighted by molar-refractivity contribution is 7.92. The predicted octanol–water partition coefficient (Wildman–Crippen LogP) is 0.789. The summed E-state index contributed by atoms with van der Waals surface area (Å²) in [6.07, 6.45) is 1.76. The molecule has 1 aromatic heterocycles. The Labute approximate surface area is 155 Å². The zero-order valence-electron chi connectivity index (χ0n) is 15.9. The summed E-state index contributed by atoms with van der Waals surface area (Å²) >= 11 is 0. The molecule has 0 bridgehead atoms. The van der Waals surface area contributed by atoms with Crippen molar-refractivity contribution in [1.82, 2.24) is 14.9 Å². The first-order chi connectivity index (χ1) is 12.4. The van der Waals surface area contributed by atoms with Crippen LogP contribution in [0.4, 0.5) is 11.8 Å². The molecular weight excluding hydrogens is 354 g/mol. The van der Waals surface area contributed by atoms with Gasteiger partial charge in [-0.25, -0.2) is 8.42 Å². The fourth-order valence-corrected chi connectivity index (χ4v) is 3.91. The fourth-order valence-electron chi connectivity index (χ4n) is 3.06. The van der Waals surface area contributed by atoms with E-state index in [4.69, 9.17) is 9.72 Å². The van der Waals surface area contributed by atoms with Crippen molar-refractivity contribution >= 4 is 21.6 Å². The fraction of sp³-hybridized carbons (Fsp3) is 0.765. The van der Waals surface area contributed by atoms with E-state index in [0.29, 0.717) is 30.8 Å². The number of nitrogens with one attached hydrogen (secondary N) is 1. The topological polar surface area (TPSA) is 87.7 Å². The highest BCUT2D eigenvalue weighted by Crippen LogP contribution is 2.30. The predicted molar refractivity (Wildman–Crippen MR) is 103 cm³/mol. The Balaban J connectivity index is 1.78. The van der Waals surface area contributed by atoms with Gasteiger partial charge in [-0.1, -0.05) is 0 Å². The molecule has 26 heavy (non-hydrogen) atoms. The lowest BCUT2D eigenvalue weighted by atomic mass is 10.1. The van der Waals surface area contributed by atoms with Crippen molar-refractivity contribution in [3.05, 3.63) is 5.56 Å². The lowest BCUT2D eigenvalue weighted by molar-refractivity contribution is 0.274. The van der Waals surface area contributed by atoms with E-state index < -0.39 is 9.84 Å². The number of aromatic nitrogens is 2. The molecule has 2 aliphatic rings. The van der Waals surface area contributed by atoms with Crippen LogP contribution < -0.4 is 15.0 Å². The zero-order chi connectivity index (χ0) is 18.7. The van der Waals surface area contributed by atoms with Gasteiger partial charge in [0.2, 0.25) is 11.8 Å². The van der Waals surface area contributed by atoms with Crippen molar-refractivity contribution in [3.63, 3.8) is 0 Å². The largest absolute Gasteiger partial charge is 0.477 e. The maximum Gasteiger partial charge on any atom is 0.230 e. The molecule has 8 nitrogen and oxygen atoms in total. The number of rotatable bonds is 6. The molecule has 9 heteroatoms. The molecule has 3 rings (SSSR count). The maximum absolute atomic E-state index is 12.0. The van der Waals surface area contributed by atoms with E-state index in [2.05, 4.69) is 27.1 Å². The molecule has 1 fully saturated rings. The first-order valence-electron chi connectivity index (χ1n) is 9.29. The number of hydrogen-bond donors (Lipinski definition) is 1. The summed E-state index contributed by atoms with van der Waals surface area (Å²) in [5, 5.41) is 2.86. The molecule has 0 radical (unpaired) electrons. The number of anilines is 2. The number of fused-ring (bicyclic) bond motifs is 1. The smallest absolute Gasteiger partial charge is 0.230 e. The van der Waals surface area contributed by atoms with E-state index in [1.807, 2.05) is 0 Å². The molecule has 0 aromatic carbocycles. The third-order valence-electron chi connectivity index (χ3n) is 4.95. The Kier molecular flexibility index (Phi) is 5.86. The van der Waals surface area contributed by atoms with Gasteiger partial charge in [0, 0.05) is 32.7 Å². The summed E-state index contributed by atoms with van der Waals surface area (Å²) in [6.45, 7) is 8.10. The molecule has 0 amide bonds. The van der Waals surface area contributed by atoms with Crippen LogP contribution in [-0.4, -0.2) is 80.7 Å². The minimum Gasteiger partial charge on any atom is -0.477 e. The van der Waals surface area contributed by atoms with Crippen molar-refractivity contribution in [2.24, 2.45) is 0 Å². The number of hydrogen-bond acceptors (Lipinski definition) is 8. The molecule has 0 atom stereocenters. The van der Waals surface area contributed by atoms with Crippen molar-refractivity contribution in [2.45, 2.75) is 31.9 Å². The van der Waals surface area contributed by atoms with Crippen LogP contribution in [0, 0.1) is 0 Å². The second kappa shape index (κ2) is 7.96. The summed E-state index contributed by atoms with van der Waals surface area (Å²) in [4.78, 5) is 13.8. The van der Waals surface area contributed by atoms with E-state index in [-0.39, 0.29) is 11.0 Å². The van der Waals surface area contributed by atoms with Gasteiger partial charge < -0.3 is 19.9 Å². The molecule has 1 aromatic rings. The summed E-state index contributed by atoms with van der Waals surface area (Å²) < 4.78 is 29.8. The van der Waals surface area contributed by atoms with Crippen molar-refractivity contribution in [2.75, 3.05) is 62.3 Å².